The van der Waals surface area contributed by atoms with E-state index < -0.39 is 0 Å². The SMILES string of the molecule is CCNC(=NCc1ccccc1-n1nc(C)cc1C)NCCn1cccn1.I. The standard InChI is InChI=1S/C20H27N7.HI/c1-4-21-20(22-11-13-26-12-7-10-24-26)23-15-18-8-5-6-9-19(18)27-17(3)14-16(2)25-27;/h5-10,12,14H,4,11,13,15H2,1-3H3,(H2,21,22,23);1H. The Kier molecular flexibility index (Phi) is 8.49. The van der Waals surface area contributed by atoms with Crippen molar-refractivity contribution in [3.05, 3.63) is 65.7 Å². The molecule has 28 heavy (non-hydrogen) atoms. The van der Waals surface area contributed by atoms with Gasteiger partial charge in [-0.05, 0) is 44.5 Å². The summed E-state index contributed by atoms with van der Waals surface area (Å²) in [4.78, 5) is 4.75. The van der Waals surface area contributed by atoms with Gasteiger partial charge >= 0.3 is 0 Å². The van der Waals surface area contributed by atoms with Gasteiger partial charge in [-0.1, -0.05) is 18.2 Å². The molecule has 0 spiro atoms. The second kappa shape index (κ2) is 10.8. The van der Waals surface area contributed by atoms with Crippen LogP contribution in [-0.2, 0) is 13.1 Å². The summed E-state index contributed by atoms with van der Waals surface area (Å²) in [6.07, 6.45) is 3.74. The summed E-state index contributed by atoms with van der Waals surface area (Å²) in [6, 6.07) is 12.3. The van der Waals surface area contributed by atoms with Gasteiger partial charge in [0.2, 0.25) is 0 Å². The predicted molar refractivity (Wildman–Crippen MR) is 123 cm³/mol. The van der Waals surface area contributed by atoms with Crippen molar-refractivity contribution in [1.29, 1.82) is 0 Å². The van der Waals surface area contributed by atoms with E-state index in [-0.39, 0.29) is 24.0 Å². The first-order valence-corrected chi connectivity index (χ1v) is 9.28. The van der Waals surface area contributed by atoms with E-state index >= 15 is 0 Å². The smallest absolute Gasteiger partial charge is 0.191 e. The zero-order chi connectivity index (χ0) is 19.1. The maximum atomic E-state index is 4.75. The van der Waals surface area contributed by atoms with Gasteiger partial charge in [0, 0.05) is 31.2 Å². The Hall–Kier alpha value is -2.36. The van der Waals surface area contributed by atoms with Crippen LogP contribution in [0.3, 0.4) is 0 Å². The molecular weight excluding hydrogens is 465 g/mol. The topological polar surface area (TPSA) is 72.1 Å². The molecule has 0 atom stereocenters. The number of aromatic nitrogens is 4. The van der Waals surface area contributed by atoms with Gasteiger partial charge in [-0.15, -0.1) is 24.0 Å². The summed E-state index contributed by atoms with van der Waals surface area (Å²) in [5.74, 6) is 0.799. The Morgan fingerprint density at radius 1 is 1.14 bits per heavy atom. The number of hydrogen-bond donors (Lipinski definition) is 2. The quantitative estimate of drug-likeness (QED) is 0.302. The first kappa shape index (κ1) is 21.9. The van der Waals surface area contributed by atoms with Gasteiger partial charge in [0.1, 0.15) is 0 Å². The maximum absolute atomic E-state index is 4.75. The summed E-state index contributed by atoms with van der Waals surface area (Å²) in [5, 5.41) is 15.5. The fourth-order valence-electron chi connectivity index (χ4n) is 2.95. The van der Waals surface area contributed by atoms with Crippen LogP contribution in [0.5, 0.6) is 0 Å². The van der Waals surface area contributed by atoms with Crippen LogP contribution in [0, 0.1) is 13.8 Å². The van der Waals surface area contributed by atoms with E-state index in [4.69, 9.17) is 4.99 Å². The number of benzene rings is 1. The number of aliphatic imine (C=N–C) groups is 1. The zero-order valence-corrected chi connectivity index (χ0v) is 18.9. The first-order valence-electron chi connectivity index (χ1n) is 9.28. The highest BCUT2D eigenvalue weighted by molar-refractivity contribution is 14.0. The number of rotatable bonds is 7. The highest BCUT2D eigenvalue weighted by Gasteiger charge is 2.08. The van der Waals surface area contributed by atoms with Crippen LogP contribution >= 0.6 is 24.0 Å². The Bertz CT molecular complexity index is 884. The lowest BCUT2D eigenvalue weighted by Gasteiger charge is -2.13. The lowest BCUT2D eigenvalue weighted by atomic mass is 10.2. The molecule has 0 saturated heterocycles. The number of aryl methyl sites for hydroxylation is 2. The molecule has 2 N–H and O–H groups in total. The van der Waals surface area contributed by atoms with Gasteiger partial charge in [-0.3, -0.25) is 4.68 Å². The molecule has 0 bridgehead atoms. The molecule has 3 rings (SSSR count). The molecule has 1 aromatic carbocycles. The molecule has 150 valence electrons. The number of guanidine groups is 1. The van der Waals surface area contributed by atoms with Crippen molar-refractivity contribution >= 4 is 29.9 Å². The average Bonchev–Trinajstić information content (AvgIpc) is 3.29. The third-order valence-electron chi connectivity index (χ3n) is 4.17. The predicted octanol–water partition coefficient (Wildman–Crippen LogP) is 3.06. The Morgan fingerprint density at radius 2 is 1.96 bits per heavy atom. The molecule has 0 aliphatic carbocycles. The number of halogens is 1. The van der Waals surface area contributed by atoms with Gasteiger partial charge < -0.3 is 10.6 Å². The minimum Gasteiger partial charge on any atom is -0.357 e. The molecule has 3 aromatic rings. The summed E-state index contributed by atoms with van der Waals surface area (Å²) in [7, 11) is 0. The van der Waals surface area contributed by atoms with Crippen LogP contribution in [0.4, 0.5) is 0 Å². The van der Waals surface area contributed by atoms with E-state index in [9.17, 15) is 0 Å². The second-order valence-electron chi connectivity index (χ2n) is 6.36. The van der Waals surface area contributed by atoms with E-state index in [0.29, 0.717) is 6.54 Å². The van der Waals surface area contributed by atoms with Crippen LogP contribution in [-0.4, -0.2) is 38.6 Å². The van der Waals surface area contributed by atoms with Crippen molar-refractivity contribution in [2.45, 2.75) is 33.9 Å². The third-order valence-corrected chi connectivity index (χ3v) is 4.17. The van der Waals surface area contributed by atoms with Gasteiger partial charge in [0.15, 0.2) is 5.96 Å². The fraction of sp³-hybridized carbons (Fsp3) is 0.350. The molecule has 2 heterocycles. The highest BCUT2D eigenvalue weighted by Crippen LogP contribution is 2.17. The van der Waals surface area contributed by atoms with Gasteiger partial charge in [0.25, 0.3) is 0 Å². The first-order chi connectivity index (χ1) is 13.2. The molecule has 0 amide bonds. The molecule has 0 saturated carbocycles. The molecular formula is C20H28IN7. The number of nitrogens with one attached hydrogen (secondary N) is 2. The molecule has 0 unspecified atom stereocenters. The van der Waals surface area contributed by atoms with Crippen LogP contribution in [0.1, 0.15) is 23.9 Å². The van der Waals surface area contributed by atoms with Crippen molar-refractivity contribution in [3.8, 4) is 5.69 Å². The Morgan fingerprint density at radius 3 is 2.64 bits per heavy atom. The molecule has 0 fully saturated rings. The normalized spacial score (nSPS) is 11.2. The van der Waals surface area contributed by atoms with Gasteiger partial charge in [-0.25, -0.2) is 9.67 Å². The summed E-state index contributed by atoms with van der Waals surface area (Å²) in [5.41, 5.74) is 4.33. The van der Waals surface area contributed by atoms with Crippen LogP contribution in [0.2, 0.25) is 0 Å². The van der Waals surface area contributed by atoms with Crippen molar-refractivity contribution in [2.24, 2.45) is 4.99 Å². The van der Waals surface area contributed by atoms with E-state index in [1.165, 1.54) is 0 Å². The van der Waals surface area contributed by atoms with Crippen LogP contribution in [0.25, 0.3) is 5.69 Å². The third kappa shape index (κ3) is 5.82. The van der Waals surface area contributed by atoms with Crippen molar-refractivity contribution < 1.29 is 0 Å². The van der Waals surface area contributed by atoms with Crippen molar-refractivity contribution in [2.75, 3.05) is 13.1 Å². The van der Waals surface area contributed by atoms with Crippen LogP contribution < -0.4 is 10.6 Å². The Balaban J connectivity index is 0.00000280. The minimum atomic E-state index is 0. The van der Waals surface area contributed by atoms with E-state index in [2.05, 4.69) is 52.9 Å². The lowest BCUT2D eigenvalue weighted by molar-refractivity contribution is 0.598. The van der Waals surface area contributed by atoms with Gasteiger partial charge in [0.05, 0.1) is 24.5 Å². The van der Waals surface area contributed by atoms with E-state index in [1.54, 1.807) is 6.20 Å². The number of nitrogens with zero attached hydrogens (tertiary/aromatic N) is 5. The summed E-state index contributed by atoms with van der Waals surface area (Å²) >= 11 is 0. The largest absolute Gasteiger partial charge is 0.357 e. The second-order valence-corrected chi connectivity index (χ2v) is 6.36. The number of hydrogen-bond acceptors (Lipinski definition) is 3. The molecule has 2 aromatic heterocycles. The monoisotopic (exact) mass is 493 g/mol. The summed E-state index contributed by atoms with van der Waals surface area (Å²) < 4.78 is 3.88. The molecule has 7 nitrogen and oxygen atoms in total. The fourth-order valence-corrected chi connectivity index (χ4v) is 2.95. The van der Waals surface area contributed by atoms with Crippen molar-refractivity contribution in [3.63, 3.8) is 0 Å². The lowest BCUT2D eigenvalue weighted by Crippen LogP contribution is -2.38. The maximum Gasteiger partial charge on any atom is 0.191 e. The minimum absolute atomic E-state index is 0. The zero-order valence-electron chi connectivity index (χ0n) is 16.6. The molecule has 0 radical (unpaired) electrons. The van der Waals surface area contributed by atoms with E-state index in [0.717, 1.165) is 48.2 Å². The summed E-state index contributed by atoms with van der Waals surface area (Å²) in [6.45, 7) is 9.08. The number of para-hydroxylation sites is 1. The highest BCUT2D eigenvalue weighted by atomic mass is 127. The Labute approximate surface area is 183 Å². The molecule has 8 heteroatoms. The average molecular weight is 493 g/mol. The van der Waals surface area contributed by atoms with Crippen molar-refractivity contribution in [1.82, 2.24) is 30.2 Å². The van der Waals surface area contributed by atoms with Gasteiger partial charge in [-0.2, -0.15) is 10.2 Å². The molecule has 0 aliphatic rings. The van der Waals surface area contributed by atoms with Crippen LogP contribution in [0.15, 0.2) is 53.8 Å². The molecule has 0 aliphatic heterocycles. The van der Waals surface area contributed by atoms with E-state index in [1.807, 2.05) is 40.7 Å².